The Morgan fingerprint density at radius 1 is 1.36 bits per heavy atom. The van der Waals surface area contributed by atoms with Crippen molar-refractivity contribution in [1.29, 1.82) is 0 Å². The SMILES string of the molecule is Cc1cc(NC(=O)CNC(C)c2ccc(F)cc2F)n(C2CCS(=O)(=O)C2)n1. The molecule has 2 N–H and O–H groups in total. The summed E-state index contributed by atoms with van der Waals surface area (Å²) < 4.78 is 51.8. The van der Waals surface area contributed by atoms with Crippen LogP contribution in [-0.4, -0.2) is 42.2 Å². The predicted octanol–water partition coefficient (Wildman–Crippen LogP) is 2.12. The van der Waals surface area contributed by atoms with Crippen molar-refractivity contribution >= 4 is 21.6 Å². The van der Waals surface area contributed by atoms with Crippen LogP contribution in [0.1, 0.15) is 36.7 Å². The van der Waals surface area contributed by atoms with Crippen molar-refractivity contribution in [3.8, 4) is 0 Å². The molecule has 10 heteroatoms. The first-order chi connectivity index (χ1) is 13.1. The van der Waals surface area contributed by atoms with Gasteiger partial charge in [0.1, 0.15) is 17.5 Å². The second-order valence-electron chi connectivity index (χ2n) is 6.99. The van der Waals surface area contributed by atoms with Gasteiger partial charge in [-0.05, 0) is 26.3 Å². The number of anilines is 1. The molecule has 1 aromatic carbocycles. The molecule has 1 amide bonds. The van der Waals surface area contributed by atoms with Crippen molar-refractivity contribution in [3.63, 3.8) is 0 Å². The van der Waals surface area contributed by atoms with Crippen molar-refractivity contribution in [2.45, 2.75) is 32.4 Å². The fourth-order valence-electron chi connectivity index (χ4n) is 3.25. The lowest BCUT2D eigenvalue weighted by Crippen LogP contribution is -2.31. The van der Waals surface area contributed by atoms with E-state index in [-0.39, 0.29) is 35.6 Å². The topological polar surface area (TPSA) is 93.1 Å². The molecule has 2 unspecified atom stereocenters. The lowest BCUT2D eigenvalue weighted by atomic mass is 10.1. The number of nitrogens with one attached hydrogen (secondary N) is 2. The van der Waals surface area contributed by atoms with Gasteiger partial charge in [0, 0.05) is 23.7 Å². The summed E-state index contributed by atoms with van der Waals surface area (Å²) in [4.78, 5) is 12.3. The molecule has 0 aliphatic carbocycles. The number of carbonyl (C=O) groups is 1. The molecule has 3 rings (SSSR count). The highest BCUT2D eigenvalue weighted by atomic mass is 32.2. The number of hydrogen-bond acceptors (Lipinski definition) is 5. The van der Waals surface area contributed by atoms with Crippen LogP contribution in [0.4, 0.5) is 14.6 Å². The van der Waals surface area contributed by atoms with E-state index in [1.807, 2.05) is 0 Å². The molecular formula is C18H22F2N4O3S. The Labute approximate surface area is 162 Å². The molecule has 0 bridgehead atoms. The summed E-state index contributed by atoms with van der Waals surface area (Å²) >= 11 is 0. The number of carbonyl (C=O) groups excluding carboxylic acids is 1. The molecule has 1 aromatic heterocycles. The first-order valence-electron chi connectivity index (χ1n) is 8.89. The van der Waals surface area contributed by atoms with E-state index in [0.29, 0.717) is 17.9 Å². The summed E-state index contributed by atoms with van der Waals surface area (Å²) in [5.41, 5.74) is 0.917. The highest BCUT2D eigenvalue weighted by Crippen LogP contribution is 2.27. The zero-order valence-corrected chi connectivity index (χ0v) is 16.4. The summed E-state index contributed by atoms with van der Waals surface area (Å²) in [6.45, 7) is 3.32. The van der Waals surface area contributed by atoms with E-state index < -0.39 is 27.5 Å². The molecule has 1 aliphatic heterocycles. The van der Waals surface area contributed by atoms with Gasteiger partial charge in [0.25, 0.3) is 0 Å². The summed E-state index contributed by atoms with van der Waals surface area (Å²) in [6, 6.07) is 4.15. The largest absolute Gasteiger partial charge is 0.310 e. The third kappa shape index (κ3) is 4.74. The van der Waals surface area contributed by atoms with E-state index in [4.69, 9.17) is 0 Å². The van der Waals surface area contributed by atoms with Crippen LogP contribution in [0.15, 0.2) is 24.3 Å². The second-order valence-corrected chi connectivity index (χ2v) is 9.22. The minimum absolute atomic E-state index is 0.00385. The number of halogens is 2. The Hall–Kier alpha value is -2.33. The first-order valence-corrected chi connectivity index (χ1v) is 10.7. The van der Waals surface area contributed by atoms with Crippen molar-refractivity contribution in [1.82, 2.24) is 15.1 Å². The number of aryl methyl sites for hydroxylation is 1. The fraction of sp³-hybridized carbons (Fsp3) is 0.444. The number of sulfone groups is 1. The van der Waals surface area contributed by atoms with Crippen molar-refractivity contribution in [3.05, 3.63) is 47.2 Å². The summed E-state index contributed by atoms with van der Waals surface area (Å²) in [5.74, 6) is -1.20. The predicted molar refractivity (Wildman–Crippen MR) is 101 cm³/mol. The summed E-state index contributed by atoms with van der Waals surface area (Å²) in [5, 5.41) is 9.91. The van der Waals surface area contributed by atoms with Crippen molar-refractivity contribution in [2.24, 2.45) is 0 Å². The van der Waals surface area contributed by atoms with E-state index in [0.717, 1.165) is 12.1 Å². The van der Waals surface area contributed by atoms with E-state index in [9.17, 15) is 22.0 Å². The lowest BCUT2D eigenvalue weighted by molar-refractivity contribution is -0.115. The standard InChI is InChI=1S/C18H22F2N4O3S/c1-11-7-17(24(23-11)14-5-6-28(26,27)10-14)22-18(25)9-21-12(2)15-4-3-13(19)8-16(15)20/h3-4,7-8,12,14,21H,5-6,9-10H2,1-2H3,(H,22,25). The fourth-order valence-corrected chi connectivity index (χ4v) is 4.94. The average molecular weight is 412 g/mol. The van der Waals surface area contributed by atoms with Gasteiger partial charge in [-0.15, -0.1) is 0 Å². The molecule has 1 fully saturated rings. The van der Waals surface area contributed by atoms with Gasteiger partial charge < -0.3 is 10.6 Å². The van der Waals surface area contributed by atoms with Crippen LogP contribution in [0.25, 0.3) is 0 Å². The van der Waals surface area contributed by atoms with Gasteiger partial charge in [0.05, 0.1) is 29.8 Å². The maximum absolute atomic E-state index is 13.8. The van der Waals surface area contributed by atoms with Crippen LogP contribution in [0.3, 0.4) is 0 Å². The molecule has 2 heterocycles. The number of nitrogens with zero attached hydrogens (tertiary/aromatic N) is 2. The van der Waals surface area contributed by atoms with E-state index in [1.54, 1.807) is 24.6 Å². The molecule has 2 atom stereocenters. The third-order valence-corrected chi connectivity index (χ3v) is 6.43. The molecular weight excluding hydrogens is 390 g/mol. The van der Waals surface area contributed by atoms with Crippen LogP contribution in [0.5, 0.6) is 0 Å². The Morgan fingerprint density at radius 3 is 2.75 bits per heavy atom. The lowest BCUT2D eigenvalue weighted by Gasteiger charge is -2.16. The maximum Gasteiger partial charge on any atom is 0.239 e. The number of amides is 1. The third-order valence-electron chi connectivity index (χ3n) is 4.68. The number of hydrogen-bond donors (Lipinski definition) is 2. The van der Waals surface area contributed by atoms with Crippen molar-refractivity contribution < 1.29 is 22.0 Å². The zero-order chi connectivity index (χ0) is 20.5. The molecule has 0 saturated carbocycles. The summed E-state index contributed by atoms with van der Waals surface area (Å²) in [7, 11) is -3.09. The van der Waals surface area contributed by atoms with Crippen LogP contribution in [0.2, 0.25) is 0 Å². The molecule has 0 radical (unpaired) electrons. The normalized spacial score (nSPS) is 19.5. The smallest absolute Gasteiger partial charge is 0.239 e. The molecule has 1 saturated heterocycles. The minimum Gasteiger partial charge on any atom is -0.310 e. The highest BCUT2D eigenvalue weighted by molar-refractivity contribution is 7.91. The Morgan fingerprint density at radius 2 is 2.11 bits per heavy atom. The Bertz CT molecular complexity index is 991. The molecule has 2 aromatic rings. The van der Waals surface area contributed by atoms with Crippen LogP contribution < -0.4 is 10.6 Å². The number of benzene rings is 1. The molecule has 28 heavy (non-hydrogen) atoms. The van der Waals surface area contributed by atoms with Crippen LogP contribution in [0, 0.1) is 18.6 Å². The first kappa shape index (κ1) is 20.4. The van der Waals surface area contributed by atoms with Crippen molar-refractivity contribution in [2.75, 3.05) is 23.4 Å². The minimum atomic E-state index is -3.09. The molecule has 7 nitrogen and oxygen atoms in total. The van der Waals surface area contributed by atoms with Gasteiger partial charge in [-0.3, -0.25) is 4.79 Å². The second kappa shape index (κ2) is 7.96. The highest BCUT2D eigenvalue weighted by Gasteiger charge is 2.31. The van der Waals surface area contributed by atoms with Gasteiger partial charge in [-0.2, -0.15) is 5.10 Å². The maximum atomic E-state index is 13.8. The van der Waals surface area contributed by atoms with Crippen LogP contribution in [-0.2, 0) is 14.6 Å². The quantitative estimate of drug-likeness (QED) is 0.758. The van der Waals surface area contributed by atoms with Gasteiger partial charge in [0.2, 0.25) is 5.91 Å². The van der Waals surface area contributed by atoms with E-state index in [2.05, 4.69) is 15.7 Å². The zero-order valence-electron chi connectivity index (χ0n) is 15.6. The van der Waals surface area contributed by atoms with Gasteiger partial charge in [-0.25, -0.2) is 21.9 Å². The molecule has 0 spiro atoms. The molecule has 1 aliphatic rings. The number of aromatic nitrogens is 2. The van der Waals surface area contributed by atoms with Gasteiger partial charge >= 0.3 is 0 Å². The monoisotopic (exact) mass is 412 g/mol. The molecule has 152 valence electrons. The van der Waals surface area contributed by atoms with Gasteiger partial charge in [0.15, 0.2) is 9.84 Å². The van der Waals surface area contributed by atoms with Crippen LogP contribution >= 0.6 is 0 Å². The van der Waals surface area contributed by atoms with Gasteiger partial charge in [-0.1, -0.05) is 6.07 Å². The Balaban J connectivity index is 1.62. The average Bonchev–Trinajstić information content (AvgIpc) is 3.14. The Kier molecular flexibility index (Phi) is 5.80. The van der Waals surface area contributed by atoms with E-state index in [1.165, 1.54) is 6.07 Å². The number of rotatable bonds is 6. The summed E-state index contributed by atoms with van der Waals surface area (Å²) in [6.07, 6.45) is 0.450. The van der Waals surface area contributed by atoms with E-state index >= 15 is 0 Å².